The van der Waals surface area contributed by atoms with Crippen LogP contribution in [0.25, 0.3) is 0 Å². The van der Waals surface area contributed by atoms with Crippen molar-refractivity contribution in [1.29, 1.82) is 0 Å². The van der Waals surface area contributed by atoms with E-state index in [9.17, 15) is 32.3 Å². The summed E-state index contributed by atoms with van der Waals surface area (Å²) >= 11 is 6.81. The van der Waals surface area contributed by atoms with Crippen LogP contribution in [0.15, 0.2) is 30.3 Å². The first-order valence-electron chi connectivity index (χ1n) is 10.2. The Bertz CT molecular complexity index is 1140. The van der Waals surface area contributed by atoms with Crippen molar-refractivity contribution in [1.82, 2.24) is 10.6 Å². The summed E-state index contributed by atoms with van der Waals surface area (Å²) < 4.78 is 46.6. The molecule has 0 spiro atoms. The predicted molar refractivity (Wildman–Crippen MR) is 123 cm³/mol. The molecular formula is C21H20ClF3N4O5S. The molecule has 1 fully saturated rings. The van der Waals surface area contributed by atoms with Gasteiger partial charge in [-0.3, -0.25) is 19.2 Å². The van der Waals surface area contributed by atoms with E-state index in [1.165, 1.54) is 18.2 Å². The van der Waals surface area contributed by atoms with Gasteiger partial charge in [-0.25, -0.2) is 0 Å². The maximum atomic E-state index is 13.8. The van der Waals surface area contributed by atoms with Gasteiger partial charge in [-0.1, -0.05) is 11.6 Å². The number of carbonyl (C=O) groups is 4. The number of nitrogens with one attached hydrogen (secondary N) is 3. The molecule has 0 unspecified atom stereocenters. The topological polar surface area (TPSA) is 117 Å². The molecule has 0 bridgehead atoms. The van der Waals surface area contributed by atoms with E-state index in [1.807, 2.05) is 0 Å². The molecule has 0 radical (unpaired) electrons. The van der Waals surface area contributed by atoms with Crippen LogP contribution in [-0.4, -0.2) is 56.0 Å². The van der Waals surface area contributed by atoms with Crippen molar-refractivity contribution in [3.63, 3.8) is 0 Å². The highest BCUT2D eigenvalue weighted by Gasteiger charge is 2.37. The molecular weight excluding hydrogens is 513 g/mol. The summed E-state index contributed by atoms with van der Waals surface area (Å²) in [6.07, 6.45) is -4.82. The van der Waals surface area contributed by atoms with Gasteiger partial charge in [0.15, 0.2) is 0 Å². The summed E-state index contributed by atoms with van der Waals surface area (Å²) in [5.41, 5.74) is -1.69. The van der Waals surface area contributed by atoms with E-state index >= 15 is 0 Å². The quantitative estimate of drug-likeness (QED) is 0.507. The summed E-state index contributed by atoms with van der Waals surface area (Å²) in [6, 6.07) is 4.72. The van der Waals surface area contributed by atoms with Crippen LogP contribution in [0.4, 0.5) is 24.5 Å². The average Bonchev–Trinajstić information content (AvgIpc) is 3.22. The van der Waals surface area contributed by atoms with Gasteiger partial charge in [0.05, 0.1) is 27.1 Å². The molecule has 3 rings (SSSR count). The highest BCUT2D eigenvalue weighted by Crippen LogP contribution is 2.38. The van der Waals surface area contributed by atoms with Gasteiger partial charge in [0, 0.05) is 25.7 Å². The second-order valence-electron chi connectivity index (χ2n) is 7.38. The molecule has 9 nitrogen and oxygen atoms in total. The lowest BCUT2D eigenvalue weighted by Gasteiger charge is -2.29. The lowest BCUT2D eigenvalue weighted by Crippen LogP contribution is -2.50. The molecule has 1 aliphatic rings. The van der Waals surface area contributed by atoms with Gasteiger partial charge in [0.2, 0.25) is 11.8 Å². The summed E-state index contributed by atoms with van der Waals surface area (Å²) in [7, 11) is 0. The Kier molecular flexibility index (Phi) is 8.35. The highest BCUT2D eigenvalue weighted by atomic mass is 35.5. The minimum Gasteiger partial charge on any atom is -0.370 e. The van der Waals surface area contributed by atoms with Crippen molar-refractivity contribution in [3.8, 4) is 0 Å². The summed E-state index contributed by atoms with van der Waals surface area (Å²) in [5, 5.41) is 7.14. The number of alkyl halides is 3. The lowest BCUT2D eigenvalue weighted by molar-refractivity contribution is -0.137. The maximum absolute atomic E-state index is 13.8. The summed E-state index contributed by atoms with van der Waals surface area (Å²) in [4.78, 5) is 49.8. The average molecular weight is 533 g/mol. The Balaban J connectivity index is 1.77. The number of rotatable bonds is 7. The van der Waals surface area contributed by atoms with Gasteiger partial charge < -0.3 is 25.6 Å². The van der Waals surface area contributed by atoms with Crippen LogP contribution in [0.2, 0.25) is 4.34 Å². The maximum Gasteiger partial charge on any atom is 0.418 e. The van der Waals surface area contributed by atoms with Crippen LogP contribution in [-0.2, 0) is 25.3 Å². The molecule has 1 atom stereocenters. The smallest absolute Gasteiger partial charge is 0.370 e. The molecule has 1 aromatic carbocycles. The zero-order chi connectivity index (χ0) is 25.8. The van der Waals surface area contributed by atoms with Crippen LogP contribution in [0.3, 0.4) is 0 Å². The first-order valence-corrected chi connectivity index (χ1v) is 11.4. The van der Waals surface area contributed by atoms with Crippen molar-refractivity contribution >= 4 is 57.9 Å². The third kappa shape index (κ3) is 6.93. The van der Waals surface area contributed by atoms with E-state index in [-0.39, 0.29) is 42.6 Å². The summed E-state index contributed by atoms with van der Waals surface area (Å²) in [6.45, 7) is 0.525. The first kappa shape index (κ1) is 26.4. The molecule has 2 heterocycles. The van der Waals surface area contributed by atoms with Crippen LogP contribution < -0.4 is 20.9 Å². The van der Waals surface area contributed by atoms with Crippen LogP contribution in [0.1, 0.15) is 22.2 Å². The predicted octanol–water partition coefficient (Wildman–Crippen LogP) is 2.66. The van der Waals surface area contributed by atoms with E-state index in [0.29, 0.717) is 10.4 Å². The van der Waals surface area contributed by atoms with Crippen molar-refractivity contribution < 1.29 is 37.1 Å². The van der Waals surface area contributed by atoms with Gasteiger partial charge in [-0.05, 0) is 30.3 Å². The highest BCUT2D eigenvalue weighted by molar-refractivity contribution is 7.18. The van der Waals surface area contributed by atoms with Gasteiger partial charge in [-0.2, -0.15) is 13.2 Å². The second-order valence-corrected chi connectivity index (χ2v) is 9.10. The molecule has 4 amide bonds. The number of carbonyl (C=O) groups excluding carboxylic acids is 4. The van der Waals surface area contributed by atoms with Crippen LogP contribution >= 0.6 is 22.9 Å². The standard InChI is InChI=1S/C21H20ClF3N4O5S/c1-11(30)27-14(9-26-20(33)16-4-5-17(22)35-16)19(32)28-12-2-3-15(13(8-12)21(23,24)25)29-6-7-34-10-18(29)31/h2-5,8,14H,6-7,9-10H2,1H3,(H,26,33)(H,27,30)(H,28,32)/t14-/m0/s1. The number of ether oxygens (including phenoxy) is 1. The fourth-order valence-corrected chi connectivity index (χ4v) is 4.21. The fourth-order valence-electron chi connectivity index (χ4n) is 3.25. The summed E-state index contributed by atoms with van der Waals surface area (Å²) in [5.74, 6) is -2.60. The number of thiophene rings is 1. The molecule has 2 aromatic rings. The van der Waals surface area contributed by atoms with E-state index in [1.54, 1.807) is 0 Å². The third-order valence-corrected chi connectivity index (χ3v) is 6.03. The number of morpholine rings is 1. The van der Waals surface area contributed by atoms with Gasteiger partial charge in [-0.15, -0.1) is 11.3 Å². The van der Waals surface area contributed by atoms with Crippen molar-refractivity contribution in [2.75, 3.05) is 36.5 Å². The molecule has 0 saturated carbocycles. The van der Waals surface area contributed by atoms with E-state index in [4.69, 9.17) is 16.3 Å². The molecule has 35 heavy (non-hydrogen) atoms. The van der Waals surface area contributed by atoms with Crippen molar-refractivity contribution in [2.24, 2.45) is 0 Å². The van der Waals surface area contributed by atoms with Gasteiger partial charge in [0.1, 0.15) is 12.6 Å². The SMILES string of the molecule is CC(=O)N[C@@H](CNC(=O)c1ccc(Cl)s1)C(=O)Nc1ccc(N2CCOCC2=O)c(C(F)(F)F)c1. The zero-order valence-electron chi connectivity index (χ0n) is 18.2. The Morgan fingerprint density at radius 3 is 2.57 bits per heavy atom. The van der Waals surface area contributed by atoms with Crippen LogP contribution in [0.5, 0.6) is 0 Å². The normalized spacial score (nSPS) is 14.9. The van der Waals surface area contributed by atoms with Crippen LogP contribution in [0, 0.1) is 0 Å². The van der Waals surface area contributed by atoms with Crippen molar-refractivity contribution in [3.05, 3.63) is 45.1 Å². The molecule has 1 saturated heterocycles. The van der Waals surface area contributed by atoms with Gasteiger partial charge in [0.25, 0.3) is 11.8 Å². The Hall–Kier alpha value is -3.16. The Morgan fingerprint density at radius 1 is 1.23 bits per heavy atom. The minimum atomic E-state index is -4.82. The number of amides is 4. The van der Waals surface area contributed by atoms with E-state index in [0.717, 1.165) is 29.2 Å². The number of benzene rings is 1. The number of hydrogen-bond donors (Lipinski definition) is 3. The van der Waals surface area contributed by atoms with E-state index in [2.05, 4.69) is 16.0 Å². The number of anilines is 2. The number of halogens is 4. The molecule has 1 aromatic heterocycles. The lowest BCUT2D eigenvalue weighted by atomic mass is 10.1. The Morgan fingerprint density at radius 2 is 1.97 bits per heavy atom. The Labute approximate surface area is 206 Å². The molecule has 3 N–H and O–H groups in total. The molecule has 0 aliphatic carbocycles. The molecule has 188 valence electrons. The van der Waals surface area contributed by atoms with E-state index < -0.39 is 41.4 Å². The second kappa shape index (κ2) is 11.1. The largest absolute Gasteiger partial charge is 0.418 e. The van der Waals surface area contributed by atoms with Crippen molar-refractivity contribution in [2.45, 2.75) is 19.1 Å². The number of nitrogens with zero attached hydrogens (tertiary/aromatic N) is 1. The monoisotopic (exact) mass is 532 g/mol. The molecule has 14 heteroatoms. The number of hydrogen-bond acceptors (Lipinski definition) is 6. The van der Waals surface area contributed by atoms with Gasteiger partial charge >= 0.3 is 6.18 Å². The zero-order valence-corrected chi connectivity index (χ0v) is 19.8. The minimum absolute atomic E-state index is 0.0482. The first-order chi connectivity index (χ1) is 16.5. The fraction of sp³-hybridized carbons (Fsp3) is 0.333. The molecule has 1 aliphatic heterocycles. The third-order valence-electron chi connectivity index (χ3n) is 4.80.